The number of rotatable bonds is 1. The average Bonchev–Trinajstić information content (AvgIpc) is 2.11. The van der Waals surface area contributed by atoms with Gasteiger partial charge in [-0.1, -0.05) is 0 Å². The van der Waals surface area contributed by atoms with Gasteiger partial charge in [-0.15, -0.1) is 0 Å². The van der Waals surface area contributed by atoms with Gasteiger partial charge in [0.15, 0.2) is 0 Å². The minimum absolute atomic E-state index is 0.181. The molecular formula is C8H8F2N2O. The van der Waals surface area contributed by atoms with E-state index in [9.17, 15) is 13.6 Å². The zero-order valence-electron chi connectivity index (χ0n) is 6.90. The summed E-state index contributed by atoms with van der Waals surface area (Å²) < 4.78 is 25.4. The molecule has 0 radical (unpaired) electrons. The third-order valence-electron chi connectivity index (χ3n) is 1.40. The Hall–Kier alpha value is -1.65. The van der Waals surface area contributed by atoms with Gasteiger partial charge in [-0.25, -0.2) is 13.6 Å². The second kappa shape index (κ2) is 3.84. The standard InChI is InChI=1S/C8H8F2N2O/c1-11-8(13)12-7-4-5(9)2-3-6(7)10/h2-4H,1H3,(H2,11,12,13). The van der Waals surface area contributed by atoms with Crippen LogP contribution in [0.5, 0.6) is 0 Å². The van der Waals surface area contributed by atoms with Crippen molar-refractivity contribution in [2.75, 3.05) is 12.4 Å². The summed E-state index contributed by atoms with van der Waals surface area (Å²) in [6.45, 7) is 0. The Morgan fingerprint density at radius 2 is 2.08 bits per heavy atom. The van der Waals surface area contributed by atoms with Crippen LogP contribution in [0.25, 0.3) is 0 Å². The van der Waals surface area contributed by atoms with Crippen molar-refractivity contribution in [2.24, 2.45) is 0 Å². The number of benzene rings is 1. The second-order valence-electron chi connectivity index (χ2n) is 2.33. The molecule has 0 aliphatic heterocycles. The van der Waals surface area contributed by atoms with Crippen LogP contribution in [0.4, 0.5) is 19.3 Å². The Kier molecular flexibility index (Phi) is 2.79. The zero-order valence-corrected chi connectivity index (χ0v) is 6.90. The fourth-order valence-corrected chi connectivity index (χ4v) is 0.778. The average molecular weight is 186 g/mol. The van der Waals surface area contributed by atoms with Crippen LogP contribution in [0.3, 0.4) is 0 Å². The molecule has 0 aliphatic rings. The molecule has 0 aromatic heterocycles. The Morgan fingerprint density at radius 3 is 2.69 bits per heavy atom. The summed E-state index contributed by atoms with van der Waals surface area (Å²) in [6.07, 6.45) is 0. The van der Waals surface area contributed by atoms with Crippen LogP contribution in [0.15, 0.2) is 18.2 Å². The molecule has 0 fully saturated rings. The molecule has 1 aromatic carbocycles. The minimum Gasteiger partial charge on any atom is -0.341 e. The topological polar surface area (TPSA) is 41.1 Å². The van der Waals surface area contributed by atoms with Gasteiger partial charge >= 0.3 is 6.03 Å². The van der Waals surface area contributed by atoms with Crippen LogP contribution in [0, 0.1) is 11.6 Å². The molecule has 3 nitrogen and oxygen atoms in total. The van der Waals surface area contributed by atoms with E-state index < -0.39 is 17.7 Å². The molecule has 0 heterocycles. The first kappa shape index (κ1) is 9.44. The Labute approximate surface area is 73.8 Å². The van der Waals surface area contributed by atoms with E-state index in [4.69, 9.17) is 0 Å². The van der Waals surface area contributed by atoms with E-state index in [1.54, 1.807) is 0 Å². The van der Waals surface area contributed by atoms with E-state index in [0.29, 0.717) is 0 Å². The predicted molar refractivity (Wildman–Crippen MR) is 44.4 cm³/mol. The molecule has 0 saturated heterocycles. The van der Waals surface area contributed by atoms with Crippen LogP contribution in [-0.2, 0) is 0 Å². The van der Waals surface area contributed by atoms with Crippen molar-refractivity contribution in [3.8, 4) is 0 Å². The van der Waals surface area contributed by atoms with Crippen molar-refractivity contribution >= 4 is 11.7 Å². The van der Waals surface area contributed by atoms with Gasteiger partial charge < -0.3 is 10.6 Å². The number of hydrogen-bond donors (Lipinski definition) is 2. The largest absolute Gasteiger partial charge is 0.341 e. The number of anilines is 1. The van der Waals surface area contributed by atoms with Crippen LogP contribution in [-0.4, -0.2) is 13.1 Å². The molecular weight excluding hydrogens is 178 g/mol. The lowest BCUT2D eigenvalue weighted by molar-refractivity contribution is 0.254. The number of hydrogen-bond acceptors (Lipinski definition) is 1. The van der Waals surface area contributed by atoms with Crippen LogP contribution >= 0.6 is 0 Å². The second-order valence-corrected chi connectivity index (χ2v) is 2.33. The van der Waals surface area contributed by atoms with Gasteiger partial charge in [0, 0.05) is 13.1 Å². The highest BCUT2D eigenvalue weighted by Crippen LogP contribution is 2.14. The van der Waals surface area contributed by atoms with Gasteiger partial charge in [0.05, 0.1) is 5.69 Å². The highest BCUT2D eigenvalue weighted by molar-refractivity contribution is 5.89. The molecule has 0 spiro atoms. The first-order valence-corrected chi connectivity index (χ1v) is 3.57. The zero-order chi connectivity index (χ0) is 9.84. The summed E-state index contributed by atoms with van der Waals surface area (Å²) in [7, 11) is 1.38. The Bertz CT molecular complexity index is 328. The summed E-state index contributed by atoms with van der Waals surface area (Å²) in [6, 6.07) is 2.24. The molecule has 2 amide bonds. The third kappa shape index (κ3) is 2.40. The molecule has 0 aliphatic carbocycles. The van der Waals surface area contributed by atoms with Crippen LogP contribution in [0.2, 0.25) is 0 Å². The normalized spacial score (nSPS) is 9.46. The van der Waals surface area contributed by atoms with Gasteiger partial charge in [-0.2, -0.15) is 0 Å². The highest BCUT2D eigenvalue weighted by Gasteiger charge is 2.05. The van der Waals surface area contributed by atoms with Gasteiger partial charge in [0.1, 0.15) is 11.6 Å². The lowest BCUT2D eigenvalue weighted by Crippen LogP contribution is -2.25. The summed E-state index contributed by atoms with van der Waals surface area (Å²) in [4.78, 5) is 10.7. The molecule has 0 saturated carbocycles. The maximum absolute atomic E-state index is 12.9. The van der Waals surface area contributed by atoms with E-state index in [0.717, 1.165) is 18.2 Å². The fourth-order valence-electron chi connectivity index (χ4n) is 0.778. The summed E-state index contributed by atoms with van der Waals surface area (Å²) in [5.74, 6) is -1.28. The summed E-state index contributed by atoms with van der Waals surface area (Å²) in [5.41, 5.74) is -0.181. The molecule has 1 aromatic rings. The Morgan fingerprint density at radius 1 is 1.38 bits per heavy atom. The summed E-state index contributed by atoms with van der Waals surface area (Å²) >= 11 is 0. The number of carbonyl (C=O) groups excluding carboxylic acids is 1. The van der Waals surface area contributed by atoms with Crippen molar-refractivity contribution in [3.05, 3.63) is 29.8 Å². The maximum atomic E-state index is 12.9. The lowest BCUT2D eigenvalue weighted by Gasteiger charge is -2.04. The van der Waals surface area contributed by atoms with Crippen LogP contribution in [0.1, 0.15) is 0 Å². The number of carbonyl (C=O) groups is 1. The minimum atomic E-state index is -0.676. The third-order valence-corrected chi connectivity index (χ3v) is 1.40. The van der Waals surface area contributed by atoms with E-state index in [1.807, 2.05) is 0 Å². The molecule has 0 unspecified atom stereocenters. The van der Waals surface area contributed by atoms with E-state index in [2.05, 4.69) is 10.6 Å². The maximum Gasteiger partial charge on any atom is 0.319 e. The molecule has 1 rings (SSSR count). The number of urea groups is 1. The van der Waals surface area contributed by atoms with Crippen molar-refractivity contribution in [2.45, 2.75) is 0 Å². The predicted octanol–water partition coefficient (Wildman–Crippen LogP) is 1.72. The van der Waals surface area contributed by atoms with Crippen molar-refractivity contribution < 1.29 is 13.6 Å². The smallest absolute Gasteiger partial charge is 0.319 e. The van der Waals surface area contributed by atoms with Crippen LogP contribution < -0.4 is 10.6 Å². The SMILES string of the molecule is CNC(=O)Nc1cc(F)ccc1F. The van der Waals surface area contributed by atoms with Gasteiger partial charge in [0.2, 0.25) is 0 Å². The summed E-state index contributed by atoms with van der Waals surface area (Å²) in [5, 5.41) is 4.36. The number of halogens is 2. The van der Waals surface area contributed by atoms with Gasteiger partial charge in [0.25, 0.3) is 0 Å². The first-order valence-electron chi connectivity index (χ1n) is 3.57. The molecule has 70 valence electrons. The van der Waals surface area contributed by atoms with Crippen molar-refractivity contribution in [3.63, 3.8) is 0 Å². The number of nitrogens with one attached hydrogen (secondary N) is 2. The highest BCUT2D eigenvalue weighted by atomic mass is 19.1. The molecule has 13 heavy (non-hydrogen) atoms. The molecule has 2 N–H and O–H groups in total. The monoisotopic (exact) mass is 186 g/mol. The molecule has 0 atom stereocenters. The van der Waals surface area contributed by atoms with Crippen molar-refractivity contribution in [1.29, 1.82) is 0 Å². The molecule has 0 bridgehead atoms. The van der Waals surface area contributed by atoms with Gasteiger partial charge in [-0.3, -0.25) is 0 Å². The van der Waals surface area contributed by atoms with Gasteiger partial charge in [-0.05, 0) is 12.1 Å². The van der Waals surface area contributed by atoms with E-state index >= 15 is 0 Å². The quantitative estimate of drug-likeness (QED) is 0.688. The van der Waals surface area contributed by atoms with Crippen molar-refractivity contribution in [1.82, 2.24) is 5.32 Å². The molecule has 5 heteroatoms. The fraction of sp³-hybridized carbons (Fsp3) is 0.125. The van der Waals surface area contributed by atoms with E-state index in [1.165, 1.54) is 7.05 Å². The Balaban J connectivity index is 2.87. The van der Waals surface area contributed by atoms with E-state index in [-0.39, 0.29) is 5.69 Å². The lowest BCUT2D eigenvalue weighted by atomic mass is 10.3. The number of amides is 2. The first-order chi connectivity index (χ1) is 6.13.